The first-order chi connectivity index (χ1) is 9.36. The zero-order valence-corrected chi connectivity index (χ0v) is 11.5. The number of pyridine rings is 1. The highest BCUT2D eigenvalue weighted by atomic mass is 35.5. The second-order valence-corrected chi connectivity index (χ2v) is 5.18. The first kappa shape index (κ1) is 14.9. The average Bonchev–Trinajstić information content (AvgIpc) is 2.78. The Balaban J connectivity index is 2.11. The van der Waals surface area contributed by atoms with Crippen molar-refractivity contribution in [1.29, 1.82) is 0 Å². The molecule has 1 aliphatic rings. The number of hydrogen-bond acceptors (Lipinski definition) is 4. The number of rotatable bonds is 3. The van der Waals surface area contributed by atoms with Crippen LogP contribution in [0.15, 0.2) is 41.0 Å². The van der Waals surface area contributed by atoms with Crippen LogP contribution in [-0.2, 0) is 11.3 Å². The van der Waals surface area contributed by atoms with Gasteiger partial charge in [0.1, 0.15) is 5.15 Å². The Labute approximate surface area is 122 Å². The molecule has 1 aromatic rings. The highest BCUT2D eigenvalue weighted by molar-refractivity contribution is 8.06. The quantitative estimate of drug-likeness (QED) is 0.627. The summed E-state index contributed by atoms with van der Waals surface area (Å²) < 4.78 is 36.7. The Hall–Kier alpha value is -1.47. The van der Waals surface area contributed by atoms with E-state index < -0.39 is 12.0 Å². The lowest BCUT2D eigenvalue weighted by molar-refractivity contribution is -0.165. The fraction of sp³-hybridized carbons (Fsp3) is 0.167. The Morgan fingerprint density at radius 1 is 1.45 bits per heavy atom. The Morgan fingerprint density at radius 2 is 2.20 bits per heavy atom. The van der Waals surface area contributed by atoms with Crippen molar-refractivity contribution in [3.63, 3.8) is 0 Å². The highest BCUT2D eigenvalue weighted by Crippen LogP contribution is 2.31. The predicted octanol–water partition coefficient (Wildman–Crippen LogP) is 3.73. The number of alkyl halides is 3. The lowest BCUT2D eigenvalue weighted by Gasteiger charge is -2.17. The first-order valence-corrected chi connectivity index (χ1v) is 6.65. The summed E-state index contributed by atoms with van der Waals surface area (Å²) in [6.07, 6.45) is -1.13. The minimum Gasteiger partial charge on any atom is -0.337 e. The van der Waals surface area contributed by atoms with E-state index in [1.54, 1.807) is 28.6 Å². The van der Waals surface area contributed by atoms with Crippen LogP contribution in [0.3, 0.4) is 0 Å². The van der Waals surface area contributed by atoms with Gasteiger partial charge in [0.2, 0.25) is 0 Å². The van der Waals surface area contributed by atoms with E-state index in [1.165, 1.54) is 6.20 Å². The number of nitrogens with zero attached hydrogens (tertiary/aromatic N) is 2. The fourth-order valence-electron chi connectivity index (χ4n) is 1.45. The average molecular weight is 321 g/mol. The molecule has 3 nitrogen and oxygen atoms in total. The largest absolute Gasteiger partial charge is 0.454 e. The van der Waals surface area contributed by atoms with Crippen molar-refractivity contribution in [2.24, 2.45) is 0 Å². The molecule has 0 unspecified atom stereocenters. The smallest absolute Gasteiger partial charge is 0.337 e. The van der Waals surface area contributed by atoms with Crippen molar-refractivity contribution < 1.29 is 18.0 Å². The molecule has 0 saturated carbocycles. The maximum atomic E-state index is 12.2. The molecule has 1 aliphatic heterocycles. The van der Waals surface area contributed by atoms with Gasteiger partial charge in [-0.05, 0) is 17.0 Å². The molecule has 0 atom stereocenters. The van der Waals surface area contributed by atoms with Crippen molar-refractivity contribution >= 4 is 29.1 Å². The Bertz CT molecular complexity index is 569. The van der Waals surface area contributed by atoms with Crippen LogP contribution in [-0.4, -0.2) is 21.8 Å². The van der Waals surface area contributed by atoms with E-state index in [2.05, 4.69) is 4.98 Å². The van der Waals surface area contributed by atoms with E-state index in [0.29, 0.717) is 17.8 Å². The molecule has 2 heterocycles. The van der Waals surface area contributed by atoms with Gasteiger partial charge >= 0.3 is 6.18 Å². The van der Waals surface area contributed by atoms with E-state index >= 15 is 0 Å². The van der Waals surface area contributed by atoms with Crippen molar-refractivity contribution in [2.75, 3.05) is 0 Å². The molecule has 1 aromatic heterocycles. The van der Waals surface area contributed by atoms with Gasteiger partial charge in [-0.15, -0.1) is 0 Å². The van der Waals surface area contributed by atoms with Crippen molar-refractivity contribution in [1.82, 2.24) is 9.88 Å². The first-order valence-electron chi connectivity index (χ1n) is 5.39. The SMILES string of the molecule is O=C(C=C1SC=CN1Cc1ccc(Cl)nc1)C(F)(F)F. The second kappa shape index (κ2) is 5.88. The molecule has 0 saturated heterocycles. The normalized spacial score (nSPS) is 17.0. The molecule has 2 rings (SSSR count). The highest BCUT2D eigenvalue weighted by Gasteiger charge is 2.37. The minimum atomic E-state index is -4.86. The van der Waals surface area contributed by atoms with Gasteiger partial charge in [0.05, 0.1) is 5.03 Å². The summed E-state index contributed by atoms with van der Waals surface area (Å²) in [6.45, 7) is 0.310. The summed E-state index contributed by atoms with van der Waals surface area (Å²) in [7, 11) is 0. The fourth-order valence-corrected chi connectivity index (χ4v) is 2.35. The van der Waals surface area contributed by atoms with E-state index in [9.17, 15) is 18.0 Å². The zero-order chi connectivity index (χ0) is 14.8. The Kier molecular flexibility index (Phi) is 4.39. The molecule has 20 heavy (non-hydrogen) atoms. The third-order valence-electron chi connectivity index (χ3n) is 2.39. The lowest BCUT2D eigenvalue weighted by Crippen LogP contribution is -2.22. The number of hydrogen-bond donors (Lipinski definition) is 0. The van der Waals surface area contributed by atoms with Gasteiger partial charge in [-0.2, -0.15) is 13.2 Å². The number of aromatic nitrogens is 1. The van der Waals surface area contributed by atoms with Crippen molar-refractivity contribution in [3.8, 4) is 0 Å². The van der Waals surface area contributed by atoms with E-state index in [-0.39, 0.29) is 5.03 Å². The summed E-state index contributed by atoms with van der Waals surface area (Å²) in [6, 6.07) is 3.31. The molecular formula is C12H8ClF3N2OS. The van der Waals surface area contributed by atoms with Gasteiger partial charge in [0.15, 0.2) is 0 Å². The van der Waals surface area contributed by atoms with Crippen LogP contribution in [0.5, 0.6) is 0 Å². The molecule has 0 spiro atoms. The van der Waals surface area contributed by atoms with Crippen molar-refractivity contribution in [2.45, 2.75) is 12.7 Å². The van der Waals surface area contributed by atoms with Crippen LogP contribution in [0.2, 0.25) is 5.15 Å². The van der Waals surface area contributed by atoms with Crippen LogP contribution >= 0.6 is 23.4 Å². The minimum absolute atomic E-state index is 0.224. The molecule has 0 bridgehead atoms. The van der Waals surface area contributed by atoms with Crippen LogP contribution < -0.4 is 0 Å². The van der Waals surface area contributed by atoms with Gasteiger partial charge in [0.25, 0.3) is 5.78 Å². The van der Waals surface area contributed by atoms with Crippen LogP contribution in [0.4, 0.5) is 13.2 Å². The van der Waals surface area contributed by atoms with Gasteiger partial charge < -0.3 is 4.90 Å². The monoisotopic (exact) mass is 320 g/mol. The molecule has 0 fully saturated rings. The Morgan fingerprint density at radius 3 is 2.80 bits per heavy atom. The number of ketones is 1. The molecule has 0 aliphatic carbocycles. The molecular weight excluding hydrogens is 313 g/mol. The summed E-state index contributed by atoms with van der Waals surface area (Å²) in [5.41, 5.74) is 0.770. The molecule has 8 heteroatoms. The number of thioether (sulfide) groups is 1. The third-order valence-corrected chi connectivity index (χ3v) is 3.46. The summed E-state index contributed by atoms with van der Waals surface area (Å²) >= 11 is 6.71. The third kappa shape index (κ3) is 3.77. The molecule has 0 N–H and O–H groups in total. The van der Waals surface area contributed by atoms with Gasteiger partial charge in [0, 0.05) is 25.0 Å². The van der Waals surface area contributed by atoms with Gasteiger partial charge in [-0.1, -0.05) is 29.4 Å². The standard InChI is InChI=1S/C12H8ClF3N2OS/c13-10-2-1-8(6-17-10)7-18-3-4-20-11(18)5-9(19)12(14,15)16/h1-6H,7H2. The summed E-state index contributed by atoms with van der Waals surface area (Å²) in [5.74, 6) is -1.87. The predicted molar refractivity (Wildman–Crippen MR) is 70.7 cm³/mol. The van der Waals surface area contributed by atoms with E-state index in [4.69, 9.17) is 11.6 Å². The summed E-state index contributed by atoms with van der Waals surface area (Å²) in [4.78, 5) is 16.4. The number of carbonyl (C=O) groups is 1. The number of carbonyl (C=O) groups excluding carboxylic acids is 1. The lowest BCUT2D eigenvalue weighted by atomic mass is 10.2. The molecule has 106 valence electrons. The molecule has 0 amide bonds. The van der Waals surface area contributed by atoms with Crippen molar-refractivity contribution in [3.05, 3.63) is 51.8 Å². The van der Waals surface area contributed by atoms with Crippen LogP contribution in [0.1, 0.15) is 5.56 Å². The van der Waals surface area contributed by atoms with E-state index in [1.807, 2.05) is 0 Å². The van der Waals surface area contributed by atoms with E-state index in [0.717, 1.165) is 17.3 Å². The second-order valence-electron chi connectivity index (χ2n) is 3.86. The summed E-state index contributed by atoms with van der Waals surface area (Å²) in [5, 5.41) is 2.17. The van der Waals surface area contributed by atoms with Crippen LogP contribution in [0.25, 0.3) is 0 Å². The number of allylic oxidation sites excluding steroid dienone is 1. The van der Waals surface area contributed by atoms with Gasteiger partial charge in [-0.3, -0.25) is 4.79 Å². The molecule has 0 aromatic carbocycles. The molecule has 0 radical (unpaired) electrons. The zero-order valence-electron chi connectivity index (χ0n) is 9.89. The topological polar surface area (TPSA) is 33.2 Å². The maximum absolute atomic E-state index is 12.2. The maximum Gasteiger partial charge on any atom is 0.454 e. The van der Waals surface area contributed by atoms with Gasteiger partial charge in [-0.25, -0.2) is 4.98 Å². The van der Waals surface area contributed by atoms with Crippen LogP contribution in [0, 0.1) is 0 Å². The number of halogens is 4.